The number of nitrogens with one attached hydrogen (secondary N) is 1. The Hall–Kier alpha value is -0.280. The van der Waals surface area contributed by atoms with Crippen molar-refractivity contribution in [2.75, 3.05) is 19.1 Å². The van der Waals surface area contributed by atoms with E-state index in [1.54, 1.807) is 0 Å². The van der Waals surface area contributed by atoms with Crippen LogP contribution in [-0.2, 0) is 11.3 Å². The number of rotatable bonds is 4. The van der Waals surface area contributed by atoms with Crippen LogP contribution in [0.5, 0.6) is 0 Å². The summed E-state index contributed by atoms with van der Waals surface area (Å²) in [4.78, 5) is 0. The molecular formula is C14H19Cl2NO. The second-order valence-corrected chi connectivity index (χ2v) is 5.65. The van der Waals surface area contributed by atoms with Crippen molar-refractivity contribution in [3.63, 3.8) is 0 Å². The van der Waals surface area contributed by atoms with Crippen LogP contribution in [0.15, 0.2) is 18.2 Å². The Morgan fingerprint density at radius 1 is 1.33 bits per heavy atom. The third-order valence-electron chi connectivity index (χ3n) is 3.57. The molecule has 1 aromatic carbocycles. The molecule has 1 fully saturated rings. The zero-order chi connectivity index (χ0) is 13.0. The van der Waals surface area contributed by atoms with E-state index in [9.17, 15) is 0 Å². The summed E-state index contributed by atoms with van der Waals surface area (Å²) < 4.78 is 5.39. The monoisotopic (exact) mass is 287 g/mol. The minimum Gasteiger partial charge on any atom is -0.381 e. The molecule has 4 heteroatoms. The van der Waals surface area contributed by atoms with Gasteiger partial charge in [-0.15, -0.1) is 11.6 Å². The predicted octanol–water partition coefficient (Wildman–Crippen LogP) is 3.53. The molecule has 0 spiro atoms. The Balaban J connectivity index is 2.01. The first-order valence-electron chi connectivity index (χ1n) is 6.29. The number of benzene rings is 1. The van der Waals surface area contributed by atoms with Gasteiger partial charge in [0.25, 0.3) is 0 Å². The standard InChI is InChI=1S/C14H19Cl2NO/c1-11-2-3-12(13(16)8-11)9-17-14(10-15)4-6-18-7-5-14/h2-3,8,17H,4-7,9-10H2,1H3. The quantitative estimate of drug-likeness (QED) is 0.856. The Morgan fingerprint density at radius 3 is 2.67 bits per heavy atom. The fraction of sp³-hybridized carbons (Fsp3) is 0.571. The van der Waals surface area contributed by atoms with Gasteiger partial charge in [-0.25, -0.2) is 0 Å². The molecule has 100 valence electrons. The van der Waals surface area contributed by atoms with Crippen LogP contribution in [0.1, 0.15) is 24.0 Å². The second-order valence-electron chi connectivity index (χ2n) is 4.97. The van der Waals surface area contributed by atoms with Crippen molar-refractivity contribution in [3.8, 4) is 0 Å². The predicted molar refractivity (Wildman–Crippen MR) is 76.5 cm³/mol. The topological polar surface area (TPSA) is 21.3 Å². The third kappa shape index (κ3) is 3.39. The van der Waals surface area contributed by atoms with E-state index in [1.165, 1.54) is 5.56 Å². The molecule has 1 aromatic rings. The van der Waals surface area contributed by atoms with E-state index in [4.69, 9.17) is 27.9 Å². The van der Waals surface area contributed by atoms with Gasteiger partial charge in [0.2, 0.25) is 0 Å². The molecule has 1 saturated heterocycles. The molecular weight excluding hydrogens is 269 g/mol. The van der Waals surface area contributed by atoms with E-state index in [0.717, 1.165) is 43.2 Å². The summed E-state index contributed by atoms with van der Waals surface area (Å²) in [5, 5.41) is 4.38. The number of alkyl halides is 1. The molecule has 0 bridgehead atoms. The first-order chi connectivity index (χ1) is 8.65. The molecule has 2 nitrogen and oxygen atoms in total. The van der Waals surface area contributed by atoms with Crippen molar-refractivity contribution in [3.05, 3.63) is 34.3 Å². The van der Waals surface area contributed by atoms with Gasteiger partial charge in [0.15, 0.2) is 0 Å². The average molecular weight is 288 g/mol. The Kier molecular flexibility index (Phi) is 4.91. The van der Waals surface area contributed by atoms with Gasteiger partial charge in [-0.3, -0.25) is 0 Å². The number of hydrogen-bond acceptors (Lipinski definition) is 2. The van der Waals surface area contributed by atoms with Crippen LogP contribution in [0, 0.1) is 6.92 Å². The van der Waals surface area contributed by atoms with Gasteiger partial charge < -0.3 is 10.1 Å². The maximum atomic E-state index is 6.24. The van der Waals surface area contributed by atoms with Crippen molar-refractivity contribution < 1.29 is 4.74 Å². The van der Waals surface area contributed by atoms with Crippen LogP contribution in [0.25, 0.3) is 0 Å². The highest BCUT2D eigenvalue weighted by Gasteiger charge is 2.31. The summed E-state index contributed by atoms with van der Waals surface area (Å²) >= 11 is 12.4. The van der Waals surface area contributed by atoms with E-state index in [0.29, 0.717) is 5.88 Å². The lowest BCUT2D eigenvalue weighted by molar-refractivity contribution is 0.0459. The molecule has 0 aromatic heterocycles. The van der Waals surface area contributed by atoms with Crippen LogP contribution in [-0.4, -0.2) is 24.6 Å². The highest BCUT2D eigenvalue weighted by Crippen LogP contribution is 2.24. The molecule has 0 atom stereocenters. The fourth-order valence-corrected chi connectivity index (χ4v) is 2.86. The third-order valence-corrected chi connectivity index (χ3v) is 4.43. The molecule has 0 unspecified atom stereocenters. The average Bonchev–Trinajstić information content (AvgIpc) is 2.39. The van der Waals surface area contributed by atoms with E-state index in [2.05, 4.69) is 17.4 Å². The number of aryl methyl sites for hydroxylation is 1. The molecule has 18 heavy (non-hydrogen) atoms. The smallest absolute Gasteiger partial charge is 0.0484 e. The maximum Gasteiger partial charge on any atom is 0.0484 e. The molecule has 0 amide bonds. The Labute approximate surface area is 119 Å². The van der Waals surface area contributed by atoms with Crippen molar-refractivity contribution in [2.45, 2.75) is 31.8 Å². The van der Waals surface area contributed by atoms with Crippen LogP contribution < -0.4 is 5.32 Å². The number of ether oxygens (including phenoxy) is 1. The summed E-state index contributed by atoms with van der Waals surface area (Å²) in [6.45, 7) is 4.36. The first kappa shape index (κ1) is 14.1. The fourth-order valence-electron chi connectivity index (χ4n) is 2.20. The molecule has 1 heterocycles. The normalized spacial score (nSPS) is 18.8. The lowest BCUT2D eigenvalue weighted by Crippen LogP contribution is -2.50. The van der Waals surface area contributed by atoms with E-state index in [-0.39, 0.29) is 5.54 Å². The van der Waals surface area contributed by atoms with Crippen LogP contribution in [0.3, 0.4) is 0 Å². The first-order valence-corrected chi connectivity index (χ1v) is 7.20. The van der Waals surface area contributed by atoms with Crippen molar-refractivity contribution in [1.29, 1.82) is 0 Å². The number of halogens is 2. The van der Waals surface area contributed by atoms with Gasteiger partial charge in [-0.05, 0) is 37.0 Å². The highest BCUT2D eigenvalue weighted by molar-refractivity contribution is 6.31. The van der Waals surface area contributed by atoms with Gasteiger partial charge in [0, 0.05) is 36.2 Å². The molecule has 0 aliphatic carbocycles. The molecule has 1 N–H and O–H groups in total. The van der Waals surface area contributed by atoms with Gasteiger partial charge in [-0.2, -0.15) is 0 Å². The summed E-state index contributed by atoms with van der Waals surface area (Å²) in [6, 6.07) is 6.15. The molecule has 0 radical (unpaired) electrons. The number of hydrogen-bond donors (Lipinski definition) is 1. The van der Waals surface area contributed by atoms with Crippen molar-refractivity contribution in [1.82, 2.24) is 5.32 Å². The minimum absolute atomic E-state index is 0.00593. The molecule has 0 saturated carbocycles. The van der Waals surface area contributed by atoms with Gasteiger partial charge >= 0.3 is 0 Å². The van der Waals surface area contributed by atoms with Crippen LogP contribution in [0.4, 0.5) is 0 Å². The van der Waals surface area contributed by atoms with E-state index >= 15 is 0 Å². The molecule has 2 rings (SSSR count). The van der Waals surface area contributed by atoms with E-state index in [1.807, 2.05) is 13.0 Å². The van der Waals surface area contributed by atoms with Crippen LogP contribution >= 0.6 is 23.2 Å². The summed E-state index contributed by atoms with van der Waals surface area (Å²) in [5.41, 5.74) is 2.30. The lowest BCUT2D eigenvalue weighted by Gasteiger charge is -2.36. The largest absolute Gasteiger partial charge is 0.381 e. The zero-order valence-corrected chi connectivity index (χ0v) is 12.2. The van der Waals surface area contributed by atoms with Gasteiger partial charge in [0.05, 0.1) is 0 Å². The molecule has 1 aliphatic heterocycles. The Bertz CT molecular complexity index is 403. The van der Waals surface area contributed by atoms with E-state index < -0.39 is 0 Å². The van der Waals surface area contributed by atoms with Gasteiger partial charge in [0.1, 0.15) is 0 Å². The maximum absolute atomic E-state index is 6.24. The SMILES string of the molecule is Cc1ccc(CNC2(CCl)CCOCC2)c(Cl)c1. The van der Waals surface area contributed by atoms with Crippen molar-refractivity contribution in [2.24, 2.45) is 0 Å². The molecule has 1 aliphatic rings. The zero-order valence-electron chi connectivity index (χ0n) is 10.6. The Morgan fingerprint density at radius 2 is 2.06 bits per heavy atom. The van der Waals surface area contributed by atoms with Gasteiger partial charge in [-0.1, -0.05) is 23.7 Å². The second kappa shape index (κ2) is 6.25. The van der Waals surface area contributed by atoms with Crippen LogP contribution in [0.2, 0.25) is 5.02 Å². The van der Waals surface area contributed by atoms with Crippen molar-refractivity contribution >= 4 is 23.2 Å². The summed E-state index contributed by atoms with van der Waals surface area (Å²) in [5.74, 6) is 0.611. The highest BCUT2D eigenvalue weighted by atomic mass is 35.5. The lowest BCUT2D eigenvalue weighted by atomic mass is 9.92. The minimum atomic E-state index is -0.00593. The summed E-state index contributed by atoms with van der Waals surface area (Å²) in [6.07, 6.45) is 1.92. The summed E-state index contributed by atoms with van der Waals surface area (Å²) in [7, 11) is 0.